The second-order valence-electron chi connectivity index (χ2n) is 6.91. The fourth-order valence-corrected chi connectivity index (χ4v) is 3.01. The summed E-state index contributed by atoms with van der Waals surface area (Å²) >= 11 is 0. The molecule has 1 amide bonds. The molecular weight excluding hydrogens is 393 g/mol. The number of aromatic nitrogens is 1. The lowest BCUT2D eigenvalue weighted by Gasteiger charge is -2.25. The molecule has 0 aliphatic rings. The van der Waals surface area contributed by atoms with E-state index in [9.17, 15) is 23.1 Å². The molecule has 7 heteroatoms. The summed E-state index contributed by atoms with van der Waals surface area (Å²) in [6.45, 7) is 2.00. The second kappa shape index (κ2) is 9.09. The Morgan fingerprint density at radius 1 is 1.03 bits per heavy atom. The SMILES string of the molecule is Cc1ccc(N(CCc2ccc(C(F)(F)F)cc2)C(=O)[C@@H](O)c2ccccc2)cn1. The van der Waals surface area contributed by atoms with Gasteiger partial charge in [0.05, 0.1) is 17.4 Å². The van der Waals surface area contributed by atoms with E-state index in [1.54, 1.807) is 42.5 Å². The molecule has 3 aromatic rings. The van der Waals surface area contributed by atoms with E-state index in [1.807, 2.05) is 6.92 Å². The number of aryl methyl sites for hydroxylation is 1. The number of nitrogens with zero attached hydrogens (tertiary/aromatic N) is 2. The highest BCUT2D eigenvalue weighted by atomic mass is 19.4. The van der Waals surface area contributed by atoms with E-state index in [1.165, 1.54) is 23.2 Å². The normalized spacial score (nSPS) is 12.4. The molecule has 0 saturated carbocycles. The van der Waals surface area contributed by atoms with Crippen molar-refractivity contribution in [2.45, 2.75) is 25.6 Å². The molecule has 0 spiro atoms. The molecule has 1 aromatic heterocycles. The van der Waals surface area contributed by atoms with Gasteiger partial charge in [0.2, 0.25) is 0 Å². The van der Waals surface area contributed by atoms with Crippen molar-refractivity contribution in [3.63, 3.8) is 0 Å². The number of aliphatic hydroxyl groups excluding tert-OH is 1. The Labute approximate surface area is 172 Å². The summed E-state index contributed by atoms with van der Waals surface area (Å²) in [4.78, 5) is 18.6. The molecule has 156 valence electrons. The number of rotatable bonds is 6. The average Bonchev–Trinajstić information content (AvgIpc) is 2.74. The lowest BCUT2D eigenvalue weighted by atomic mass is 10.1. The number of halogens is 3. The lowest BCUT2D eigenvalue weighted by molar-refractivity contribution is -0.137. The zero-order valence-electron chi connectivity index (χ0n) is 16.3. The number of pyridine rings is 1. The van der Waals surface area contributed by atoms with Crippen molar-refractivity contribution < 1.29 is 23.1 Å². The Morgan fingerprint density at radius 2 is 1.70 bits per heavy atom. The summed E-state index contributed by atoms with van der Waals surface area (Å²) in [5.41, 5.74) is 1.67. The van der Waals surface area contributed by atoms with Crippen LogP contribution < -0.4 is 4.90 Å². The van der Waals surface area contributed by atoms with Crippen molar-refractivity contribution in [1.29, 1.82) is 0 Å². The number of hydrogen-bond acceptors (Lipinski definition) is 3. The van der Waals surface area contributed by atoms with Gasteiger partial charge in [-0.1, -0.05) is 42.5 Å². The number of hydrogen-bond donors (Lipinski definition) is 1. The fourth-order valence-electron chi connectivity index (χ4n) is 3.01. The van der Waals surface area contributed by atoms with Crippen molar-refractivity contribution in [2.75, 3.05) is 11.4 Å². The highest BCUT2D eigenvalue weighted by Crippen LogP contribution is 2.29. The first-order valence-electron chi connectivity index (χ1n) is 9.39. The van der Waals surface area contributed by atoms with Crippen LogP contribution in [-0.2, 0) is 17.4 Å². The number of amides is 1. The van der Waals surface area contributed by atoms with Crippen molar-refractivity contribution in [2.24, 2.45) is 0 Å². The van der Waals surface area contributed by atoms with Crippen LogP contribution >= 0.6 is 0 Å². The van der Waals surface area contributed by atoms with E-state index in [0.29, 0.717) is 23.2 Å². The van der Waals surface area contributed by atoms with E-state index in [4.69, 9.17) is 0 Å². The fraction of sp³-hybridized carbons (Fsp3) is 0.217. The van der Waals surface area contributed by atoms with E-state index >= 15 is 0 Å². The van der Waals surface area contributed by atoms with Crippen LogP contribution in [0, 0.1) is 6.92 Å². The van der Waals surface area contributed by atoms with Gasteiger partial charge in [-0.05, 0) is 48.7 Å². The number of carbonyl (C=O) groups excluding carboxylic acids is 1. The minimum Gasteiger partial charge on any atom is -0.378 e. The molecule has 1 N–H and O–H groups in total. The van der Waals surface area contributed by atoms with Gasteiger partial charge in [0.25, 0.3) is 5.91 Å². The molecule has 0 aliphatic heterocycles. The van der Waals surface area contributed by atoms with E-state index in [-0.39, 0.29) is 6.54 Å². The predicted octanol–water partition coefficient (Wildman–Crippen LogP) is 4.72. The molecule has 30 heavy (non-hydrogen) atoms. The van der Waals surface area contributed by atoms with Gasteiger partial charge in [-0.15, -0.1) is 0 Å². The molecule has 0 radical (unpaired) electrons. The number of aliphatic hydroxyl groups is 1. The summed E-state index contributed by atoms with van der Waals surface area (Å²) in [5.74, 6) is -0.529. The van der Waals surface area contributed by atoms with Crippen molar-refractivity contribution in [3.05, 3.63) is 95.3 Å². The van der Waals surface area contributed by atoms with Gasteiger partial charge in [-0.2, -0.15) is 13.2 Å². The monoisotopic (exact) mass is 414 g/mol. The molecular formula is C23H21F3N2O2. The Morgan fingerprint density at radius 3 is 2.27 bits per heavy atom. The standard InChI is InChI=1S/C23H21F3N2O2/c1-16-7-12-20(15-27-16)28(22(30)21(29)18-5-3-2-4-6-18)14-13-17-8-10-19(11-9-17)23(24,25)26/h2-12,15,21,29H,13-14H2,1H3/t21-/m0/s1. The van der Waals surface area contributed by atoms with E-state index in [2.05, 4.69) is 4.98 Å². The average molecular weight is 414 g/mol. The van der Waals surface area contributed by atoms with Gasteiger partial charge in [0, 0.05) is 12.2 Å². The van der Waals surface area contributed by atoms with Crippen LogP contribution in [0.5, 0.6) is 0 Å². The van der Waals surface area contributed by atoms with Gasteiger partial charge >= 0.3 is 6.18 Å². The summed E-state index contributed by atoms with van der Waals surface area (Å²) in [7, 11) is 0. The summed E-state index contributed by atoms with van der Waals surface area (Å²) < 4.78 is 38.3. The Hall–Kier alpha value is -3.19. The lowest BCUT2D eigenvalue weighted by Crippen LogP contribution is -2.37. The van der Waals surface area contributed by atoms with Gasteiger partial charge < -0.3 is 10.0 Å². The molecule has 1 heterocycles. The third kappa shape index (κ3) is 5.24. The first kappa shape index (κ1) is 21.5. The van der Waals surface area contributed by atoms with Crippen LogP contribution in [-0.4, -0.2) is 22.5 Å². The smallest absolute Gasteiger partial charge is 0.378 e. The number of carbonyl (C=O) groups is 1. The summed E-state index contributed by atoms with van der Waals surface area (Å²) in [5, 5.41) is 10.6. The Bertz CT molecular complexity index is 972. The Balaban J connectivity index is 1.81. The maximum atomic E-state index is 13.0. The molecule has 3 rings (SSSR count). The first-order chi connectivity index (χ1) is 14.3. The third-order valence-electron chi connectivity index (χ3n) is 4.73. The Kier molecular flexibility index (Phi) is 6.52. The van der Waals surface area contributed by atoms with E-state index < -0.39 is 23.8 Å². The van der Waals surface area contributed by atoms with Gasteiger partial charge in [-0.25, -0.2) is 0 Å². The molecule has 0 unspecified atom stereocenters. The minimum absolute atomic E-state index is 0.179. The molecule has 1 atom stereocenters. The zero-order valence-corrected chi connectivity index (χ0v) is 16.3. The molecule has 0 fully saturated rings. The summed E-state index contributed by atoms with van der Waals surface area (Å²) in [6.07, 6.45) is -3.90. The first-order valence-corrected chi connectivity index (χ1v) is 9.39. The summed E-state index contributed by atoms with van der Waals surface area (Å²) in [6, 6.07) is 16.9. The minimum atomic E-state index is -4.39. The quantitative estimate of drug-likeness (QED) is 0.635. The van der Waals surface area contributed by atoms with Crippen LogP contribution in [0.25, 0.3) is 0 Å². The van der Waals surface area contributed by atoms with Gasteiger partial charge in [-0.3, -0.25) is 9.78 Å². The number of benzene rings is 2. The molecule has 0 saturated heterocycles. The van der Waals surface area contributed by atoms with Crippen LogP contribution in [0.4, 0.5) is 18.9 Å². The van der Waals surface area contributed by atoms with Crippen LogP contribution in [0.3, 0.4) is 0 Å². The maximum Gasteiger partial charge on any atom is 0.416 e. The van der Waals surface area contributed by atoms with Crippen molar-refractivity contribution in [3.8, 4) is 0 Å². The number of alkyl halides is 3. The maximum absolute atomic E-state index is 13.0. The van der Waals surface area contributed by atoms with Crippen molar-refractivity contribution in [1.82, 2.24) is 4.98 Å². The third-order valence-corrected chi connectivity index (χ3v) is 4.73. The predicted molar refractivity (Wildman–Crippen MR) is 108 cm³/mol. The zero-order chi connectivity index (χ0) is 21.7. The number of anilines is 1. The van der Waals surface area contributed by atoms with Crippen LogP contribution in [0.15, 0.2) is 72.9 Å². The largest absolute Gasteiger partial charge is 0.416 e. The molecule has 2 aromatic carbocycles. The molecule has 4 nitrogen and oxygen atoms in total. The second-order valence-corrected chi connectivity index (χ2v) is 6.91. The van der Waals surface area contributed by atoms with Crippen LogP contribution in [0.2, 0.25) is 0 Å². The van der Waals surface area contributed by atoms with Gasteiger partial charge in [0.15, 0.2) is 6.10 Å². The molecule has 0 bridgehead atoms. The van der Waals surface area contributed by atoms with Crippen molar-refractivity contribution >= 4 is 11.6 Å². The van der Waals surface area contributed by atoms with Crippen LogP contribution in [0.1, 0.15) is 28.5 Å². The van der Waals surface area contributed by atoms with E-state index in [0.717, 1.165) is 17.8 Å². The molecule has 0 aliphatic carbocycles. The highest BCUT2D eigenvalue weighted by Gasteiger charge is 2.30. The van der Waals surface area contributed by atoms with Gasteiger partial charge in [0.1, 0.15) is 0 Å². The topological polar surface area (TPSA) is 53.4 Å². The highest BCUT2D eigenvalue weighted by molar-refractivity contribution is 5.96.